The highest BCUT2D eigenvalue weighted by Gasteiger charge is 2.09. The average Bonchev–Trinajstić information content (AvgIpc) is 2.66. The Hall–Kier alpha value is -2.96. The van der Waals surface area contributed by atoms with Crippen LogP contribution in [-0.4, -0.2) is 26.3 Å². The zero-order valence-corrected chi connectivity index (χ0v) is 15.7. The Kier molecular flexibility index (Phi) is 7.73. The molecular weight excluding hydrogens is 352 g/mol. The molecule has 0 bridgehead atoms. The standard InChI is InChI=1S/C20H24O7/c1-14(2)7-8-24-19-12-25-17(10-18(19)21)11-27-20(22)13-26-16-6-4-5-15(9-16)23-3/h4-6,9-10,12,14H,7-8,11,13H2,1-3H3. The first-order valence-electron chi connectivity index (χ1n) is 8.65. The molecule has 146 valence electrons. The lowest BCUT2D eigenvalue weighted by molar-refractivity contribution is -0.147. The largest absolute Gasteiger partial charge is 0.497 e. The highest BCUT2D eigenvalue weighted by atomic mass is 16.6. The van der Waals surface area contributed by atoms with E-state index in [-0.39, 0.29) is 30.2 Å². The van der Waals surface area contributed by atoms with E-state index in [1.54, 1.807) is 31.4 Å². The first-order valence-corrected chi connectivity index (χ1v) is 8.65. The zero-order valence-electron chi connectivity index (χ0n) is 15.7. The van der Waals surface area contributed by atoms with Gasteiger partial charge >= 0.3 is 5.97 Å². The molecule has 0 saturated carbocycles. The molecule has 2 aromatic rings. The third-order valence-electron chi connectivity index (χ3n) is 3.58. The van der Waals surface area contributed by atoms with E-state index in [9.17, 15) is 9.59 Å². The van der Waals surface area contributed by atoms with Crippen LogP contribution < -0.4 is 19.6 Å². The van der Waals surface area contributed by atoms with Crippen molar-refractivity contribution in [3.63, 3.8) is 0 Å². The van der Waals surface area contributed by atoms with Crippen molar-refractivity contribution < 1.29 is 28.2 Å². The van der Waals surface area contributed by atoms with Crippen LogP contribution in [0.15, 0.2) is 45.8 Å². The molecule has 0 atom stereocenters. The zero-order chi connectivity index (χ0) is 19.6. The predicted molar refractivity (Wildman–Crippen MR) is 98.2 cm³/mol. The van der Waals surface area contributed by atoms with Crippen LogP contribution >= 0.6 is 0 Å². The number of ether oxygens (including phenoxy) is 4. The van der Waals surface area contributed by atoms with E-state index < -0.39 is 5.97 Å². The summed E-state index contributed by atoms with van der Waals surface area (Å²) < 4.78 is 26.1. The maximum atomic E-state index is 12.0. The van der Waals surface area contributed by atoms with Crippen molar-refractivity contribution in [2.24, 2.45) is 5.92 Å². The van der Waals surface area contributed by atoms with Crippen LogP contribution in [0.5, 0.6) is 17.2 Å². The third-order valence-corrected chi connectivity index (χ3v) is 3.58. The molecule has 0 aliphatic rings. The third kappa shape index (κ3) is 7.05. The van der Waals surface area contributed by atoms with E-state index in [2.05, 4.69) is 13.8 Å². The Morgan fingerprint density at radius 1 is 1.15 bits per heavy atom. The first kappa shape index (κ1) is 20.4. The Morgan fingerprint density at radius 2 is 1.93 bits per heavy atom. The normalized spacial score (nSPS) is 10.5. The number of carbonyl (C=O) groups excluding carboxylic acids is 1. The maximum Gasteiger partial charge on any atom is 0.344 e. The van der Waals surface area contributed by atoms with Gasteiger partial charge in [-0.1, -0.05) is 19.9 Å². The number of benzene rings is 1. The summed E-state index contributed by atoms with van der Waals surface area (Å²) >= 11 is 0. The Labute approximate surface area is 157 Å². The molecule has 27 heavy (non-hydrogen) atoms. The van der Waals surface area contributed by atoms with Gasteiger partial charge in [-0.3, -0.25) is 4.79 Å². The smallest absolute Gasteiger partial charge is 0.344 e. The lowest BCUT2D eigenvalue weighted by atomic mass is 10.1. The Morgan fingerprint density at radius 3 is 2.63 bits per heavy atom. The molecule has 0 fully saturated rings. The van der Waals surface area contributed by atoms with Crippen molar-refractivity contribution in [1.29, 1.82) is 0 Å². The molecule has 7 heteroatoms. The lowest BCUT2D eigenvalue weighted by Gasteiger charge is -2.09. The van der Waals surface area contributed by atoms with Gasteiger partial charge in [-0.05, 0) is 24.5 Å². The summed E-state index contributed by atoms with van der Waals surface area (Å²) in [6, 6.07) is 8.13. The Bertz CT molecular complexity index is 795. The van der Waals surface area contributed by atoms with Crippen LogP contribution in [0, 0.1) is 5.92 Å². The quantitative estimate of drug-likeness (QED) is 0.589. The number of rotatable bonds is 10. The number of hydrogen-bond acceptors (Lipinski definition) is 7. The molecule has 0 aliphatic carbocycles. The van der Waals surface area contributed by atoms with Crippen LogP contribution in [0.3, 0.4) is 0 Å². The second kappa shape index (κ2) is 10.3. The summed E-state index contributed by atoms with van der Waals surface area (Å²) in [7, 11) is 1.54. The van der Waals surface area contributed by atoms with Crippen LogP contribution in [0.2, 0.25) is 0 Å². The van der Waals surface area contributed by atoms with E-state index in [1.807, 2.05) is 0 Å². The highest BCUT2D eigenvalue weighted by molar-refractivity contribution is 5.71. The van der Waals surface area contributed by atoms with Gasteiger partial charge in [0.2, 0.25) is 11.2 Å². The molecule has 1 heterocycles. The van der Waals surface area contributed by atoms with Crippen molar-refractivity contribution in [1.82, 2.24) is 0 Å². The van der Waals surface area contributed by atoms with Gasteiger partial charge in [0.1, 0.15) is 30.1 Å². The summed E-state index contributed by atoms with van der Waals surface area (Å²) in [6.45, 7) is 4.15. The number of methoxy groups -OCH3 is 1. The molecule has 0 unspecified atom stereocenters. The molecule has 0 N–H and O–H groups in total. The number of carbonyl (C=O) groups is 1. The predicted octanol–water partition coefficient (Wildman–Crippen LogP) is 3.20. The van der Waals surface area contributed by atoms with Crippen molar-refractivity contribution in [3.05, 3.63) is 52.6 Å². The van der Waals surface area contributed by atoms with Crippen molar-refractivity contribution >= 4 is 5.97 Å². The van der Waals surface area contributed by atoms with Gasteiger partial charge in [0, 0.05) is 12.1 Å². The fraction of sp³-hybridized carbons (Fsp3) is 0.400. The SMILES string of the molecule is COc1cccc(OCC(=O)OCc2cc(=O)c(OCCC(C)C)co2)c1. The fourth-order valence-corrected chi connectivity index (χ4v) is 2.05. The molecule has 0 spiro atoms. The van der Waals surface area contributed by atoms with Gasteiger partial charge in [0.05, 0.1) is 13.7 Å². The maximum absolute atomic E-state index is 12.0. The molecule has 0 aliphatic heterocycles. The monoisotopic (exact) mass is 376 g/mol. The van der Waals surface area contributed by atoms with E-state index in [0.717, 1.165) is 6.42 Å². The molecule has 1 aromatic carbocycles. The second-order valence-corrected chi connectivity index (χ2v) is 6.23. The van der Waals surface area contributed by atoms with Crippen LogP contribution in [0.25, 0.3) is 0 Å². The molecule has 0 radical (unpaired) electrons. The second-order valence-electron chi connectivity index (χ2n) is 6.23. The van der Waals surface area contributed by atoms with E-state index in [0.29, 0.717) is 24.0 Å². The van der Waals surface area contributed by atoms with Gasteiger partial charge in [-0.25, -0.2) is 4.79 Å². The van der Waals surface area contributed by atoms with Gasteiger partial charge in [-0.15, -0.1) is 0 Å². The molecule has 0 amide bonds. The minimum Gasteiger partial charge on any atom is -0.497 e. The average molecular weight is 376 g/mol. The minimum atomic E-state index is -0.585. The topological polar surface area (TPSA) is 84.2 Å². The summed E-state index contributed by atoms with van der Waals surface area (Å²) in [5.74, 6) is 1.38. The van der Waals surface area contributed by atoms with Crippen molar-refractivity contribution in [2.75, 3.05) is 20.3 Å². The summed E-state index contributed by atoms with van der Waals surface area (Å²) in [4.78, 5) is 23.7. The van der Waals surface area contributed by atoms with Gasteiger partial charge in [-0.2, -0.15) is 0 Å². The first-order chi connectivity index (χ1) is 13.0. The molecular formula is C20H24O7. The minimum absolute atomic E-state index is 0.145. The van der Waals surface area contributed by atoms with Crippen LogP contribution in [0.4, 0.5) is 0 Å². The summed E-state index contributed by atoms with van der Waals surface area (Å²) in [5, 5.41) is 0. The molecule has 2 rings (SSSR count). The van der Waals surface area contributed by atoms with Gasteiger partial charge in [0.15, 0.2) is 6.61 Å². The van der Waals surface area contributed by atoms with Crippen molar-refractivity contribution in [3.8, 4) is 17.2 Å². The van der Waals surface area contributed by atoms with E-state index in [4.69, 9.17) is 23.4 Å². The Balaban J connectivity index is 1.79. The van der Waals surface area contributed by atoms with Crippen molar-refractivity contribution in [2.45, 2.75) is 26.9 Å². The summed E-state index contributed by atoms with van der Waals surface area (Å²) in [6.07, 6.45) is 2.07. The van der Waals surface area contributed by atoms with Crippen LogP contribution in [-0.2, 0) is 16.1 Å². The lowest BCUT2D eigenvalue weighted by Crippen LogP contribution is -2.15. The van der Waals surface area contributed by atoms with E-state index >= 15 is 0 Å². The molecule has 0 saturated heterocycles. The highest BCUT2D eigenvalue weighted by Crippen LogP contribution is 2.18. The van der Waals surface area contributed by atoms with Gasteiger partial charge < -0.3 is 23.4 Å². The fourth-order valence-electron chi connectivity index (χ4n) is 2.05. The molecule has 7 nitrogen and oxygen atoms in total. The summed E-state index contributed by atoms with van der Waals surface area (Å²) in [5.41, 5.74) is -0.316. The van der Waals surface area contributed by atoms with Crippen LogP contribution in [0.1, 0.15) is 26.0 Å². The number of hydrogen-bond donors (Lipinski definition) is 0. The van der Waals surface area contributed by atoms with Gasteiger partial charge in [0.25, 0.3) is 0 Å². The molecule has 1 aromatic heterocycles. The number of esters is 1. The van der Waals surface area contributed by atoms with E-state index in [1.165, 1.54) is 12.3 Å².